The quantitative estimate of drug-likeness (QED) is 0.0205. The summed E-state index contributed by atoms with van der Waals surface area (Å²) in [4.78, 5) is 13.2. The van der Waals surface area contributed by atoms with Crippen LogP contribution in [0.4, 0.5) is 0 Å². The van der Waals surface area contributed by atoms with Crippen LogP contribution in [0.3, 0.4) is 0 Å². The third kappa shape index (κ3) is 30.0. The van der Waals surface area contributed by atoms with Gasteiger partial charge in [-0.15, -0.1) is 0 Å². The number of carbonyl (C=O) groups excluding carboxylic acids is 1. The van der Waals surface area contributed by atoms with Gasteiger partial charge in [0.2, 0.25) is 5.91 Å². The lowest BCUT2D eigenvalue weighted by molar-refractivity contribution is -0.359. The first-order valence-electron chi connectivity index (χ1n) is 29.1. The molecule has 2 saturated heterocycles. The number of carbonyl (C=O) groups is 1. The van der Waals surface area contributed by atoms with E-state index in [2.05, 4.69) is 31.3 Å². The van der Waals surface area contributed by atoms with Crippen LogP contribution >= 0.6 is 0 Å². The van der Waals surface area contributed by atoms with Gasteiger partial charge >= 0.3 is 0 Å². The van der Waals surface area contributed by atoms with E-state index in [1.807, 2.05) is 6.08 Å². The molecule has 12 unspecified atom stereocenters. The zero-order chi connectivity index (χ0) is 51.7. The SMILES string of the molecule is CCCCCCCCCC/C=C\CCCCCCCCCCCC(=O)NC(COC1OC(CO)C(OC2OC(CO)C(O)C(O)C2O)C(O)C1O)C(O)/C=C/CCCCCCCCCCCCCCCC. The maximum Gasteiger partial charge on any atom is 0.220 e. The Morgan fingerprint density at radius 1 is 0.493 bits per heavy atom. The molecule has 0 aromatic carbocycles. The number of amides is 1. The highest BCUT2D eigenvalue weighted by Crippen LogP contribution is 2.30. The second-order valence-corrected chi connectivity index (χ2v) is 20.8. The van der Waals surface area contributed by atoms with Crippen molar-refractivity contribution in [2.75, 3.05) is 19.8 Å². The molecule has 14 nitrogen and oxygen atoms in total. The van der Waals surface area contributed by atoms with Crippen molar-refractivity contribution >= 4 is 5.91 Å². The van der Waals surface area contributed by atoms with E-state index in [0.717, 1.165) is 38.5 Å². The molecule has 2 rings (SSSR count). The summed E-state index contributed by atoms with van der Waals surface area (Å²) >= 11 is 0. The molecule has 0 aromatic rings. The lowest BCUT2D eigenvalue weighted by Gasteiger charge is -2.46. The Morgan fingerprint density at radius 3 is 1.34 bits per heavy atom. The standard InChI is InChI=1S/C57H107NO13/c1-3-5-7-9-11-13-15-17-19-21-22-23-24-25-27-29-31-33-35-37-39-41-49(62)58-45(46(61)40-38-36-34-32-30-28-26-20-18-16-14-12-10-8-6-4-2)44-68-56-54(67)52(65)55(48(43-60)70-56)71-57-53(66)51(64)50(63)47(42-59)69-57/h21-22,38,40,45-48,50-57,59-61,63-67H,3-20,23-37,39,41-44H2,1-2H3,(H,58,62)/b22-21-,40-38+. The molecule has 418 valence electrons. The monoisotopic (exact) mass is 1010 g/mol. The third-order valence-electron chi connectivity index (χ3n) is 14.4. The molecule has 0 radical (unpaired) electrons. The predicted molar refractivity (Wildman–Crippen MR) is 282 cm³/mol. The molecule has 0 spiro atoms. The Kier molecular flexibility index (Phi) is 40.4. The zero-order valence-corrected chi connectivity index (χ0v) is 44.7. The number of aliphatic hydroxyl groups excluding tert-OH is 8. The highest BCUT2D eigenvalue weighted by molar-refractivity contribution is 5.76. The summed E-state index contributed by atoms with van der Waals surface area (Å²) in [5.74, 6) is -0.240. The third-order valence-corrected chi connectivity index (χ3v) is 14.4. The van der Waals surface area contributed by atoms with E-state index >= 15 is 0 Å². The van der Waals surface area contributed by atoms with Gasteiger partial charge in [0.1, 0.15) is 48.8 Å². The fraction of sp³-hybridized carbons (Fsp3) is 0.912. The van der Waals surface area contributed by atoms with Crippen LogP contribution in [-0.4, -0.2) is 140 Å². The summed E-state index contributed by atoms with van der Waals surface area (Å²) in [5, 5.41) is 87.0. The van der Waals surface area contributed by atoms with Gasteiger partial charge in [-0.05, 0) is 44.9 Å². The summed E-state index contributed by atoms with van der Waals surface area (Å²) in [5.41, 5.74) is 0. The van der Waals surface area contributed by atoms with E-state index in [4.69, 9.17) is 18.9 Å². The minimum absolute atomic E-state index is 0.240. The number of hydrogen-bond donors (Lipinski definition) is 9. The molecule has 2 aliphatic rings. The largest absolute Gasteiger partial charge is 0.394 e. The van der Waals surface area contributed by atoms with E-state index in [1.165, 1.54) is 173 Å². The van der Waals surface area contributed by atoms with Crippen LogP contribution < -0.4 is 5.32 Å². The minimum atomic E-state index is -1.79. The van der Waals surface area contributed by atoms with E-state index in [1.54, 1.807) is 6.08 Å². The van der Waals surface area contributed by atoms with Crippen LogP contribution in [0, 0.1) is 0 Å². The number of allylic oxidation sites excluding steroid dienone is 3. The second-order valence-electron chi connectivity index (χ2n) is 20.8. The van der Waals surface area contributed by atoms with E-state index in [-0.39, 0.29) is 18.9 Å². The van der Waals surface area contributed by atoms with Gasteiger partial charge in [0.05, 0.1) is 32.0 Å². The van der Waals surface area contributed by atoms with Crippen molar-refractivity contribution in [3.63, 3.8) is 0 Å². The normalized spacial score (nSPS) is 25.9. The van der Waals surface area contributed by atoms with Crippen LogP contribution in [0.1, 0.15) is 239 Å². The zero-order valence-electron chi connectivity index (χ0n) is 44.7. The smallest absolute Gasteiger partial charge is 0.220 e. The predicted octanol–water partition coefficient (Wildman–Crippen LogP) is 9.28. The fourth-order valence-electron chi connectivity index (χ4n) is 9.64. The molecule has 12 atom stereocenters. The fourth-order valence-corrected chi connectivity index (χ4v) is 9.64. The first-order valence-corrected chi connectivity index (χ1v) is 29.1. The second kappa shape index (κ2) is 43.7. The van der Waals surface area contributed by atoms with Gasteiger partial charge in [0.25, 0.3) is 0 Å². The molecule has 9 N–H and O–H groups in total. The van der Waals surface area contributed by atoms with Crippen molar-refractivity contribution in [2.45, 2.75) is 312 Å². The lowest BCUT2D eigenvalue weighted by Crippen LogP contribution is -2.65. The van der Waals surface area contributed by atoms with Gasteiger partial charge in [-0.3, -0.25) is 4.79 Å². The maximum absolute atomic E-state index is 13.2. The van der Waals surface area contributed by atoms with Crippen molar-refractivity contribution in [3.8, 4) is 0 Å². The van der Waals surface area contributed by atoms with Gasteiger partial charge in [-0.2, -0.15) is 0 Å². The van der Waals surface area contributed by atoms with E-state index in [0.29, 0.717) is 6.42 Å². The number of nitrogens with one attached hydrogen (secondary N) is 1. The topological polar surface area (TPSA) is 228 Å². The molecule has 71 heavy (non-hydrogen) atoms. The van der Waals surface area contributed by atoms with Crippen molar-refractivity contribution in [1.82, 2.24) is 5.32 Å². The molecule has 2 aliphatic heterocycles. The molecule has 14 heteroatoms. The van der Waals surface area contributed by atoms with Gasteiger partial charge in [0, 0.05) is 6.42 Å². The molecule has 0 aromatic heterocycles. The Bertz CT molecular complexity index is 1290. The van der Waals surface area contributed by atoms with Crippen LogP contribution in [0.15, 0.2) is 24.3 Å². The van der Waals surface area contributed by atoms with Crippen LogP contribution in [0.2, 0.25) is 0 Å². The lowest BCUT2D eigenvalue weighted by atomic mass is 9.97. The highest BCUT2D eigenvalue weighted by Gasteiger charge is 2.51. The molecular weight excluding hydrogens is 907 g/mol. The summed E-state index contributed by atoms with van der Waals surface area (Å²) < 4.78 is 22.8. The maximum atomic E-state index is 13.2. The van der Waals surface area contributed by atoms with Crippen LogP contribution in [0.25, 0.3) is 0 Å². The average Bonchev–Trinajstić information content (AvgIpc) is 3.37. The molecule has 2 heterocycles. The van der Waals surface area contributed by atoms with Gasteiger partial charge in [-0.25, -0.2) is 0 Å². The summed E-state index contributed by atoms with van der Waals surface area (Å²) in [6, 6.07) is -0.913. The van der Waals surface area contributed by atoms with E-state index in [9.17, 15) is 45.6 Å². The molecule has 0 bridgehead atoms. The molecule has 0 aliphatic carbocycles. The Morgan fingerprint density at radius 2 is 0.887 bits per heavy atom. The highest BCUT2D eigenvalue weighted by atomic mass is 16.7. The van der Waals surface area contributed by atoms with Crippen LogP contribution in [0.5, 0.6) is 0 Å². The molecule has 2 fully saturated rings. The van der Waals surface area contributed by atoms with Crippen molar-refractivity contribution in [3.05, 3.63) is 24.3 Å². The Hall–Kier alpha value is -1.53. The summed E-state index contributed by atoms with van der Waals surface area (Å²) in [7, 11) is 0. The summed E-state index contributed by atoms with van der Waals surface area (Å²) in [6.45, 7) is 2.81. The number of hydrogen-bond acceptors (Lipinski definition) is 13. The van der Waals surface area contributed by atoms with Crippen molar-refractivity contribution in [1.29, 1.82) is 0 Å². The minimum Gasteiger partial charge on any atom is -0.394 e. The first-order chi connectivity index (χ1) is 34.6. The first kappa shape index (κ1) is 65.6. The number of ether oxygens (including phenoxy) is 4. The number of aliphatic hydroxyl groups is 8. The Balaban J connectivity index is 1.78. The van der Waals surface area contributed by atoms with Crippen molar-refractivity contribution in [2.24, 2.45) is 0 Å². The average molecular weight is 1010 g/mol. The molecule has 0 saturated carbocycles. The van der Waals surface area contributed by atoms with E-state index < -0.39 is 86.8 Å². The van der Waals surface area contributed by atoms with Crippen LogP contribution in [-0.2, 0) is 23.7 Å². The molecular formula is C57H107NO13. The number of rotatable bonds is 46. The van der Waals surface area contributed by atoms with Gasteiger partial charge < -0.3 is 65.1 Å². The van der Waals surface area contributed by atoms with Gasteiger partial charge in [0.15, 0.2) is 12.6 Å². The summed E-state index contributed by atoms with van der Waals surface area (Å²) in [6.07, 6.45) is 33.5. The number of unbranched alkanes of at least 4 members (excludes halogenated alkanes) is 31. The molecule has 1 amide bonds. The van der Waals surface area contributed by atoms with Gasteiger partial charge in [-0.1, -0.05) is 212 Å². The van der Waals surface area contributed by atoms with Crippen molar-refractivity contribution < 1.29 is 64.6 Å². The Labute approximate surface area is 430 Å².